The third kappa shape index (κ3) is 2.28. The van der Waals surface area contributed by atoms with Gasteiger partial charge in [-0.2, -0.15) is 5.10 Å². The normalized spacial score (nSPS) is 10.6. The molecule has 0 amide bonds. The Morgan fingerprint density at radius 2 is 2.00 bits per heavy atom. The number of phenols is 1. The first-order chi connectivity index (χ1) is 10.6. The molecule has 22 heavy (non-hydrogen) atoms. The van der Waals surface area contributed by atoms with Gasteiger partial charge in [-0.15, -0.1) is 0 Å². The summed E-state index contributed by atoms with van der Waals surface area (Å²) in [5.41, 5.74) is 1.64. The molecule has 0 saturated carbocycles. The van der Waals surface area contributed by atoms with E-state index in [0.717, 1.165) is 0 Å². The van der Waals surface area contributed by atoms with Gasteiger partial charge in [-0.1, -0.05) is 12.1 Å². The van der Waals surface area contributed by atoms with Crippen LogP contribution in [-0.4, -0.2) is 24.8 Å². The van der Waals surface area contributed by atoms with Gasteiger partial charge >= 0.3 is 5.69 Å². The molecule has 0 aliphatic heterocycles. The van der Waals surface area contributed by atoms with Crippen LogP contribution >= 0.6 is 0 Å². The summed E-state index contributed by atoms with van der Waals surface area (Å²) in [6.07, 6.45) is 1.48. The number of para-hydroxylation sites is 1. The van der Waals surface area contributed by atoms with Gasteiger partial charge in [-0.05, 0) is 31.2 Å². The quantitative estimate of drug-likeness (QED) is 0.592. The van der Waals surface area contributed by atoms with Crippen LogP contribution in [0.1, 0.15) is 5.69 Å². The van der Waals surface area contributed by atoms with Crippen molar-refractivity contribution < 1.29 is 10.0 Å². The summed E-state index contributed by atoms with van der Waals surface area (Å²) in [7, 11) is 0. The van der Waals surface area contributed by atoms with E-state index in [9.17, 15) is 15.2 Å². The maximum absolute atomic E-state index is 11.1. The van der Waals surface area contributed by atoms with E-state index in [1.54, 1.807) is 37.3 Å². The minimum atomic E-state index is -0.497. The minimum absolute atomic E-state index is 0.0997. The minimum Gasteiger partial charge on any atom is -0.507 e. The molecule has 3 rings (SSSR count). The number of aromatic hydroxyl groups is 1. The van der Waals surface area contributed by atoms with Crippen molar-refractivity contribution in [3.05, 3.63) is 64.5 Å². The van der Waals surface area contributed by atoms with E-state index < -0.39 is 4.92 Å². The number of phenolic OH excluding ortho intramolecular Hbond substituents is 1. The molecule has 7 heteroatoms. The lowest BCUT2D eigenvalue weighted by atomic mass is 10.1. The fourth-order valence-electron chi connectivity index (χ4n) is 2.20. The molecular weight excluding hydrogens is 284 g/mol. The molecule has 0 aliphatic rings. The second-order valence-electron chi connectivity index (χ2n) is 4.70. The van der Waals surface area contributed by atoms with Crippen LogP contribution in [0.4, 0.5) is 5.69 Å². The number of benzene rings is 1. The zero-order chi connectivity index (χ0) is 15.7. The van der Waals surface area contributed by atoms with Crippen molar-refractivity contribution in [3.8, 4) is 22.8 Å². The Labute approximate surface area is 125 Å². The summed E-state index contributed by atoms with van der Waals surface area (Å²) < 4.78 is 1.40. The second-order valence-corrected chi connectivity index (χ2v) is 4.70. The Kier molecular flexibility index (Phi) is 3.30. The van der Waals surface area contributed by atoms with Gasteiger partial charge in [0, 0.05) is 23.5 Å². The summed E-state index contributed by atoms with van der Waals surface area (Å²) in [5, 5.41) is 25.4. The third-order valence-electron chi connectivity index (χ3n) is 3.23. The number of hydrogen-bond acceptors (Lipinski definition) is 5. The SMILES string of the molecule is Cc1cc(-c2ccccc2O)nn1-c1ncccc1[N+](=O)[O-]. The highest BCUT2D eigenvalue weighted by Gasteiger charge is 2.19. The van der Waals surface area contributed by atoms with Crippen LogP contribution in [0.15, 0.2) is 48.7 Å². The van der Waals surface area contributed by atoms with Crippen LogP contribution in [0.5, 0.6) is 5.75 Å². The van der Waals surface area contributed by atoms with Crippen LogP contribution in [0, 0.1) is 17.0 Å². The molecule has 1 N–H and O–H groups in total. The summed E-state index contributed by atoms with van der Waals surface area (Å²) in [4.78, 5) is 14.7. The predicted octanol–water partition coefficient (Wildman–Crippen LogP) is 2.86. The summed E-state index contributed by atoms with van der Waals surface area (Å²) >= 11 is 0. The van der Waals surface area contributed by atoms with E-state index in [0.29, 0.717) is 17.0 Å². The molecule has 0 fully saturated rings. The van der Waals surface area contributed by atoms with Crippen LogP contribution in [0.25, 0.3) is 17.1 Å². The Hall–Kier alpha value is -3.22. The molecule has 110 valence electrons. The van der Waals surface area contributed by atoms with Gasteiger partial charge in [-0.3, -0.25) is 10.1 Å². The first kappa shape index (κ1) is 13.7. The van der Waals surface area contributed by atoms with Gasteiger partial charge in [-0.25, -0.2) is 9.67 Å². The summed E-state index contributed by atoms with van der Waals surface area (Å²) in [5.74, 6) is 0.245. The number of rotatable bonds is 3. The first-order valence-electron chi connectivity index (χ1n) is 6.53. The Balaban J connectivity index is 2.16. The van der Waals surface area contributed by atoms with E-state index >= 15 is 0 Å². The fourth-order valence-corrected chi connectivity index (χ4v) is 2.20. The molecule has 0 atom stereocenters. The van der Waals surface area contributed by atoms with Crippen molar-refractivity contribution in [3.63, 3.8) is 0 Å². The average molecular weight is 296 g/mol. The zero-order valence-corrected chi connectivity index (χ0v) is 11.7. The second kappa shape index (κ2) is 5.28. The van der Waals surface area contributed by atoms with Crippen molar-refractivity contribution in [1.29, 1.82) is 0 Å². The molecule has 1 aromatic carbocycles. The van der Waals surface area contributed by atoms with Gasteiger partial charge in [0.15, 0.2) is 0 Å². The van der Waals surface area contributed by atoms with Crippen molar-refractivity contribution in [2.24, 2.45) is 0 Å². The van der Waals surface area contributed by atoms with Gasteiger partial charge in [0.25, 0.3) is 0 Å². The van der Waals surface area contributed by atoms with Gasteiger partial charge < -0.3 is 5.11 Å². The number of aryl methyl sites for hydroxylation is 1. The predicted molar refractivity (Wildman–Crippen MR) is 79.9 cm³/mol. The molecule has 2 heterocycles. The number of nitrogens with zero attached hydrogens (tertiary/aromatic N) is 4. The van der Waals surface area contributed by atoms with E-state index in [1.165, 1.54) is 23.0 Å². The zero-order valence-electron chi connectivity index (χ0n) is 11.7. The molecule has 7 nitrogen and oxygen atoms in total. The van der Waals surface area contributed by atoms with E-state index in [1.807, 2.05) is 0 Å². The number of aromatic nitrogens is 3. The summed E-state index contributed by atoms with van der Waals surface area (Å²) in [6, 6.07) is 11.4. The van der Waals surface area contributed by atoms with Gasteiger partial charge in [0.1, 0.15) is 5.75 Å². The number of hydrogen-bond donors (Lipinski definition) is 1. The van der Waals surface area contributed by atoms with E-state index in [-0.39, 0.29) is 17.3 Å². The highest BCUT2D eigenvalue weighted by atomic mass is 16.6. The lowest BCUT2D eigenvalue weighted by molar-refractivity contribution is -0.384. The van der Waals surface area contributed by atoms with Gasteiger partial charge in [0.05, 0.1) is 10.6 Å². The summed E-state index contributed by atoms with van der Waals surface area (Å²) in [6.45, 7) is 1.77. The Morgan fingerprint density at radius 1 is 1.23 bits per heavy atom. The van der Waals surface area contributed by atoms with Crippen LogP contribution in [-0.2, 0) is 0 Å². The van der Waals surface area contributed by atoms with Crippen molar-refractivity contribution >= 4 is 5.69 Å². The number of pyridine rings is 1. The molecule has 0 bridgehead atoms. The Morgan fingerprint density at radius 3 is 2.73 bits per heavy atom. The number of nitro groups is 1. The van der Waals surface area contributed by atoms with Crippen LogP contribution in [0.3, 0.4) is 0 Å². The highest BCUT2D eigenvalue weighted by molar-refractivity contribution is 5.67. The third-order valence-corrected chi connectivity index (χ3v) is 3.23. The largest absolute Gasteiger partial charge is 0.507 e. The van der Waals surface area contributed by atoms with Gasteiger partial charge in [0.2, 0.25) is 5.82 Å². The molecular formula is C15H12N4O3. The highest BCUT2D eigenvalue weighted by Crippen LogP contribution is 2.29. The maximum atomic E-state index is 11.1. The topological polar surface area (TPSA) is 94.1 Å². The van der Waals surface area contributed by atoms with Crippen LogP contribution < -0.4 is 0 Å². The first-order valence-corrected chi connectivity index (χ1v) is 6.53. The molecule has 0 radical (unpaired) electrons. The average Bonchev–Trinajstić information content (AvgIpc) is 2.89. The van der Waals surface area contributed by atoms with Crippen LogP contribution in [0.2, 0.25) is 0 Å². The monoisotopic (exact) mass is 296 g/mol. The lowest BCUT2D eigenvalue weighted by Crippen LogP contribution is -2.05. The molecule has 0 unspecified atom stereocenters. The smallest absolute Gasteiger partial charge is 0.313 e. The van der Waals surface area contributed by atoms with Crippen molar-refractivity contribution in [1.82, 2.24) is 14.8 Å². The van der Waals surface area contributed by atoms with E-state index in [4.69, 9.17) is 0 Å². The maximum Gasteiger partial charge on any atom is 0.313 e. The lowest BCUT2D eigenvalue weighted by Gasteiger charge is -2.03. The standard InChI is InChI=1S/C15H12N4O3/c1-10-9-12(11-5-2-3-7-14(11)20)17-18(10)15-13(19(21)22)6-4-8-16-15/h2-9,20H,1H3. The van der Waals surface area contributed by atoms with Crippen molar-refractivity contribution in [2.75, 3.05) is 0 Å². The molecule has 0 saturated heterocycles. The molecule has 2 aromatic heterocycles. The Bertz CT molecular complexity index is 857. The molecule has 0 aliphatic carbocycles. The van der Waals surface area contributed by atoms with E-state index in [2.05, 4.69) is 10.1 Å². The van der Waals surface area contributed by atoms with Crippen molar-refractivity contribution in [2.45, 2.75) is 6.92 Å². The molecule has 0 spiro atoms. The molecule has 3 aromatic rings. The fraction of sp³-hybridized carbons (Fsp3) is 0.0667.